The van der Waals surface area contributed by atoms with Gasteiger partial charge in [-0.05, 0) is 20.3 Å². The van der Waals surface area contributed by atoms with Gasteiger partial charge in [-0.3, -0.25) is 0 Å². The molecule has 0 N–H and O–H groups in total. The summed E-state index contributed by atoms with van der Waals surface area (Å²) < 4.78 is 10.4. The van der Waals surface area contributed by atoms with Gasteiger partial charge in [-0.25, -0.2) is 4.79 Å². The first kappa shape index (κ1) is 25.4. The third-order valence-electron chi connectivity index (χ3n) is 4.98. The van der Waals surface area contributed by atoms with Crippen LogP contribution < -0.4 is 0 Å². The Balaban J connectivity index is 3.12. The maximum Gasteiger partial charge on any atom is 0.334 e. The summed E-state index contributed by atoms with van der Waals surface area (Å²) in [6, 6.07) is 0. The van der Waals surface area contributed by atoms with E-state index < -0.39 is 6.10 Å². The third kappa shape index (κ3) is 18.2. The van der Waals surface area contributed by atoms with Crippen molar-refractivity contribution in [3.05, 3.63) is 0 Å². The van der Waals surface area contributed by atoms with E-state index in [1.54, 1.807) is 6.92 Å². The van der Waals surface area contributed by atoms with Crippen LogP contribution in [0.3, 0.4) is 0 Å². The minimum atomic E-state index is -0.425. The van der Waals surface area contributed by atoms with Crippen molar-refractivity contribution in [1.82, 2.24) is 0 Å². The van der Waals surface area contributed by atoms with Crippen molar-refractivity contribution in [2.75, 3.05) is 13.2 Å². The molecule has 0 aliphatic rings. The van der Waals surface area contributed by atoms with Crippen molar-refractivity contribution in [1.29, 1.82) is 0 Å². The molecule has 26 heavy (non-hydrogen) atoms. The second-order valence-electron chi connectivity index (χ2n) is 7.57. The van der Waals surface area contributed by atoms with Crippen LogP contribution in [0.15, 0.2) is 0 Å². The van der Waals surface area contributed by atoms with E-state index in [2.05, 4.69) is 6.92 Å². The Morgan fingerprint density at radius 2 is 1.04 bits per heavy atom. The molecule has 1 atom stereocenters. The topological polar surface area (TPSA) is 35.5 Å². The highest BCUT2D eigenvalue weighted by molar-refractivity contribution is 5.74. The summed E-state index contributed by atoms with van der Waals surface area (Å²) in [6.07, 6.45) is 21.5. The van der Waals surface area contributed by atoms with Gasteiger partial charge in [0.05, 0.1) is 6.61 Å². The predicted molar refractivity (Wildman–Crippen MR) is 112 cm³/mol. The SMILES string of the molecule is CCCCCCCCCCCCCCCCCCOC(C)C(=O)OCC. The van der Waals surface area contributed by atoms with Gasteiger partial charge in [0.1, 0.15) is 0 Å². The molecule has 0 spiro atoms. The molecule has 0 heterocycles. The molecular weight excluding hydrogens is 324 g/mol. The van der Waals surface area contributed by atoms with Gasteiger partial charge in [-0.1, -0.05) is 103 Å². The lowest BCUT2D eigenvalue weighted by atomic mass is 10.0. The molecule has 0 aliphatic carbocycles. The molecule has 0 saturated carbocycles. The number of hydrogen-bond donors (Lipinski definition) is 0. The summed E-state index contributed by atoms with van der Waals surface area (Å²) in [5.41, 5.74) is 0. The Hall–Kier alpha value is -0.570. The first-order chi connectivity index (χ1) is 12.7. The van der Waals surface area contributed by atoms with Crippen LogP contribution in [0.1, 0.15) is 124 Å². The van der Waals surface area contributed by atoms with Crippen molar-refractivity contribution in [3.63, 3.8) is 0 Å². The van der Waals surface area contributed by atoms with E-state index in [9.17, 15) is 4.79 Å². The maximum absolute atomic E-state index is 11.4. The van der Waals surface area contributed by atoms with Gasteiger partial charge in [0.25, 0.3) is 0 Å². The Bertz CT molecular complexity index is 291. The molecule has 0 aromatic heterocycles. The number of hydrogen-bond acceptors (Lipinski definition) is 3. The standard InChI is InChI=1S/C23H46O3/c1-4-6-7-8-9-10-11-12-13-14-15-16-17-18-19-20-21-26-22(3)23(24)25-5-2/h22H,4-21H2,1-3H3. The molecule has 3 nitrogen and oxygen atoms in total. The molecule has 0 amide bonds. The summed E-state index contributed by atoms with van der Waals surface area (Å²) in [5, 5.41) is 0. The highest BCUT2D eigenvalue weighted by atomic mass is 16.6. The first-order valence-electron chi connectivity index (χ1n) is 11.5. The summed E-state index contributed by atoms with van der Waals surface area (Å²) in [4.78, 5) is 11.4. The second-order valence-corrected chi connectivity index (χ2v) is 7.57. The van der Waals surface area contributed by atoms with E-state index in [-0.39, 0.29) is 5.97 Å². The minimum Gasteiger partial charge on any atom is -0.464 e. The van der Waals surface area contributed by atoms with Gasteiger partial charge < -0.3 is 9.47 Å². The smallest absolute Gasteiger partial charge is 0.334 e. The highest BCUT2D eigenvalue weighted by Gasteiger charge is 2.13. The van der Waals surface area contributed by atoms with Gasteiger partial charge in [0.15, 0.2) is 6.10 Å². The van der Waals surface area contributed by atoms with Crippen molar-refractivity contribution < 1.29 is 14.3 Å². The Kier molecular flexibility index (Phi) is 20.3. The van der Waals surface area contributed by atoms with Crippen LogP contribution in [-0.2, 0) is 14.3 Å². The zero-order chi connectivity index (χ0) is 19.3. The van der Waals surface area contributed by atoms with Crippen LogP contribution in [-0.4, -0.2) is 25.3 Å². The van der Waals surface area contributed by atoms with E-state index in [1.165, 1.54) is 96.3 Å². The summed E-state index contributed by atoms with van der Waals surface area (Å²) in [6.45, 7) is 6.96. The lowest BCUT2D eigenvalue weighted by molar-refractivity contribution is -0.155. The number of ether oxygens (including phenoxy) is 2. The molecule has 0 aromatic rings. The summed E-state index contributed by atoms with van der Waals surface area (Å²) in [7, 11) is 0. The second kappa shape index (κ2) is 20.7. The van der Waals surface area contributed by atoms with Gasteiger partial charge in [-0.2, -0.15) is 0 Å². The lowest BCUT2D eigenvalue weighted by Gasteiger charge is -2.11. The third-order valence-corrected chi connectivity index (χ3v) is 4.98. The fraction of sp³-hybridized carbons (Fsp3) is 0.957. The molecule has 156 valence electrons. The van der Waals surface area contributed by atoms with Crippen molar-refractivity contribution >= 4 is 5.97 Å². The molecule has 0 aliphatic heterocycles. The van der Waals surface area contributed by atoms with Crippen molar-refractivity contribution in [2.45, 2.75) is 130 Å². The quantitative estimate of drug-likeness (QED) is 0.168. The van der Waals surface area contributed by atoms with Crippen LogP contribution in [0.2, 0.25) is 0 Å². The molecule has 3 heteroatoms. The largest absolute Gasteiger partial charge is 0.464 e. The predicted octanol–water partition coefficient (Wildman–Crippen LogP) is 7.22. The average molecular weight is 371 g/mol. The fourth-order valence-corrected chi connectivity index (χ4v) is 3.24. The molecule has 0 fully saturated rings. The molecule has 0 saturated heterocycles. The number of esters is 1. The van der Waals surface area contributed by atoms with Crippen LogP contribution in [0, 0.1) is 0 Å². The molecule has 0 bridgehead atoms. The monoisotopic (exact) mass is 370 g/mol. The highest BCUT2D eigenvalue weighted by Crippen LogP contribution is 2.13. The zero-order valence-electron chi connectivity index (χ0n) is 18.0. The van der Waals surface area contributed by atoms with E-state index in [4.69, 9.17) is 9.47 Å². The van der Waals surface area contributed by atoms with Gasteiger partial charge in [0, 0.05) is 6.61 Å². The minimum absolute atomic E-state index is 0.246. The normalized spacial score (nSPS) is 12.3. The van der Waals surface area contributed by atoms with E-state index in [0.29, 0.717) is 13.2 Å². The van der Waals surface area contributed by atoms with E-state index in [0.717, 1.165) is 6.42 Å². The Morgan fingerprint density at radius 1 is 0.654 bits per heavy atom. The summed E-state index contributed by atoms with van der Waals surface area (Å²) >= 11 is 0. The average Bonchev–Trinajstić information content (AvgIpc) is 2.64. The molecule has 0 rings (SSSR count). The van der Waals surface area contributed by atoms with Crippen molar-refractivity contribution in [2.24, 2.45) is 0 Å². The van der Waals surface area contributed by atoms with Crippen molar-refractivity contribution in [3.8, 4) is 0 Å². The molecular formula is C23H46O3. The fourth-order valence-electron chi connectivity index (χ4n) is 3.24. The van der Waals surface area contributed by atoms with Crippen LogP contribution in [0.4, 0.5) is 0 Å². The molecule has 0 radical (unpaired) electrons. The van der Waals surface area contributed by atoms with E-state index >= 15 is 0 Å². The number of unbranched alkanes of at least 4 members (excludes halogenated alkanes) is 15. The number of rotatable bonds is 20. The van der Waals surface area contributed by atoms with Crippen LogP contribution >= 0.6 is 0 Å². The van der Waals surface area contributed by atoms with E-state index in [1.807, 2.05) is 6.92 Å². The van der Waals surface area contributed by atoms with Gasteiger partial charge in [0.2, 0.25) is 0 Å². The van der Waals surface area contributed by atoms with Crippen LogP contribution in [0.25, 0.3) is 0 Å². The summed E-state index contributed by atoms with van der Waals surface area (Å²) in [5.74, 6) is -0.246. The number of carbonyl (C=O) groups is 1. The molecule has 0 aromatic carbocycles. The zero-order valence-corrected chi connectivity index (χ0v) is 18.0. The lowest BCUT2D eigenvalue weighted by Crippen LogP contribution is -2.23. The Labute approximate surface area is 163 Å². The van der Waals surface area contributed by atoms with Gasteiger partial charge >= 0.3 is 5.97 Å². The first-order valence-corrected chi connectivity index (χ1v) is 11.5. The van der Waals surface area contributed by atoms with Gasteiger partial charge in [-0.15, -0.1) is 0 Å². The molecule has 1 unspecified atom stereocenters. The number of carbonyl (C=O) groups excluding carboxylic acids is 1. The maximum atomic E-state index is 11.4. The van der Waals surface area contributed by atoms with Crippen LogP contribution in [0.5, 0.6) is 0 Å². The Morgan fingerprint density at radius 3 is 1.42 bits per heavy atom.